The van der Waals surface area contributed by atoms with Crippen LogP contribution in [0, 0.1) is 5.92 Å². The number of likely N-dealkylation sites (tertiary alicyclic amines) is 1. The third kappa shape index (κ3) is 2.53. The van der Waals surface area contributed by atoms with E-state index in [2.05, 4.69) is 4.90 Å². The molecule has 3 rings (SSSR count). The smallest absolute Gasteiger partial charge is 0.158 e. The van der Waals surface area contributed by atoms with Gasteiger partial charge in [-0.3, -0.25) is 4.90 Å². The van der Waals surface area contributed by atoms with Gasteiger partial charge in [-0.25, -0.2) is 8.42 Å². The van der Waals surface area contributed by atoms with Crippen molar-refractivity contribution in [1.29, 1.82) is 0 Å². The zero-order valence-electron chi connectivity index (χ0n) is 13.1. The second-order valence-corrected chi connectivity index (χ2v) is 8.77. The van der Waals surface area contributed by atoms with Crippen LogP contribution in [0.1, 0.15) is 12.0 Å². The van der Waals surface area contributed by atoms with Gasteiger partial charge in [-0.15, -0.1) is 0 Å². The van der Waals surface area contributed by atoms with Crippen LogP contribution in [-0.4, -0.2) is 57.7 Å². The van der Waals surface area contributed by atoms with E-state index in [1.165, 1.54) is 5.56 Å². The summed E-state index contributed by atoms with van der Waals surface area (Å²) < 4.78 is 34.7. The van der Waals surface area contributed by atoms with Gasteiger partial charge in [-0.1, -0.05) is 12.1 Å². The molecule has 2 aliphatic heterocycles. The summed E-state index contributed by atoms with van der Waals surface area (Å²) in [6.07, 6.45) is 0.729. The van der Waals surface area contributed by atoms with E-state index >= 15 is 0 Å². The molecule has 2 heterocycles. The van der Waals surface area contributed by atoms with E-state index < -0.39 is 14.6 Å². The largest absolute Gasteiger partial charge is 0.497 e. The number of nitrogens with zero attached hydrogens (tertiary/aromatic N) is 1. The molecule has 1 spiro atoms. The highest BCUT2D eigenvalue weighted by Gasteiger charge is 2.61. The van der Waals surface area contributed by atoms with Gasteiger partial charge in [0, 0.05) is 32.7 Å². The molecule has 0 radical (unpaired) electrons. The first-order valence-corrected chi connectivity index (χ1v) is 9.22. The predicted octanol–water partition coefficient (Wildman–Crippen LogP) is 1.33. The number of rotatable bonds is 5. The summed E-state index contributed by atoms with van der Waals surface area (Å²) in [5, 5.41) is 0. The first-order chi connectivity index (χ1) is 10.5. The van der Waals surface area contributed by atoms with Gasteiger partial charge >= 0.3 is 0 Å². The molecule has 0 bridgehead atoms. The number of hydrogen-bond acceptors (Lipinski definition) is 5. The van der Waals surface area contributed by atoms with Crippen molar-refractivity contribution in [2.24, 2.45) is 5.92 Å². The van der Waals surface area contributed by atoms with E-state index in [0.29, 0.717) is 25.4 Å². The number of benzene rings is 1. The standard InChI is InChI=1S/C16H23NO4S/c1-20-10-14-7-8-22(18,19)16(14)11-17(12-16)9-13-3-5-15(21-2)6-4-13/h3-6,14H,7-12H2,1-2H3. The average Bonchev–Trinajstić information content (AvgIpc) is 2.72. The molecule has 6 heteroatoms. The van der Waals surface area contributed by atoms with Crippen LogP contribution in [0.3, 0.4) is 0 Å². The molecule has 0 saturated carbocycles. The first kappa shape index (κ1) is 15.8. The SMILES string of the molecule is COCC1CCS(=O)(=O)C12CN(Cc1ccc(OC)cc1)C2. The topological polar surface area (TPSA) is 55.8 Å². The predicted molar refractivity (Wildman–Crippen MR) is 84.8 cm³/mol. The maximum absolute atomic E-state index is 12.4. The van der Waals surface area contributed by atoms with Crippen LogP contribution < -0.4 is 4.74 Å². The minimum atomic E-state index is -3.00. The molecule has 1 atom stereocenters. The number of hydrogen-bond donors (Lipinski definition) is 0. The molecule has 1 unspecified atom stereocenters. The lowest BCUT2D eigenvalue weighted by molar-refractivity contribution is 0.0411. The summed E-state index contributed by atoms with van der Waals surface area (Å²) in [5.74, 6) is 1.27. The summed E-state index contributed by atoms with van der Waals surface area (Å²) in [6.45, 7) is 2.56. The molecule has 5 nitrogen and oxygen atoms in total. The van der Waals surface area contributed by atoms with Gasteiger partial charge in [0.25, 0.3) is 0 Å². The molecule has 0 aliphatic carbocycles. The first-order valence-electron chi connectivity index (χ1n) is 7.57. The molecule has 0 aromatic heterocycles. The van der Waals surface area contributed by atoms with E-state index in [1.54, 1.807) is 14.2 Å². The van der Waals surface area contributed by atoms with Crippen molar-refractivity contribution in [2.75, 3.05) is 39.7 Å². The molecule has 122 valence electrons. The van der Waals surface area contributed by atoms with Crippen molar-refractivity contribution in [3.8, 4) is 5.75 Å². The van der Waals surface area contributed by atoms with E-state index in [0.717, 1.165) is 18.7 Å². The summed E-state index contributed by atoms with van der Waals surface area (Å²) in [7, 11) is 0.294. The summed E-state index contributed by atoms with van der Waals surface area (Å²) in [4.78, 5) is 2.20. The Labute approximate surface area is 132 Å². The fourth-order valence-electron chi connectivity index (χ4n) is 3.72. The van der Waals surface area contributed by atoms with Crippen LogP contribution in [0.2, 0.25) is 0 Å². The normalized spacial score (nSPS) is 26.0. The molecule has 22 heavy (non-hydrogen) atoms. The molecule has 2 aliphatic rings. The van der Waals surface area contributed by atoms with Crippen molar-refractivity contribution in [3.63, 3.8) is 0 Å². The highest BCUT2D eigenvalue weighted by Crippen LogP contribution is 2.45. The van der Waals surface area contributed by atoms with Crippen molar-refractivity contribution in [1.82, 2.24) is 4.90 Å². The minimum absolute atomic E-state index is 0.134. The fraction of sp³-hybridized carbons (Fsp3) is 0.625. The zero-order valence-corrected chi connectivity index (χ0v) is 13.9. The van der Waals surface area contributed by atoms with Crippen molar-refractivity contribution in [2.45, 2.75) is 17.7 Å². The highest BCUT2D eigenvalue weighted by molar-refractivity contribution is 7.93. The van der Waals surface area contributed by atoms with Gasteiger partial charge in [0.05, 0.1) is 19.5 Å². The maximum atomic E-state index is 12.4. The van der Waals surface area contributed by atoms with Crippen molar-refractivity contribution >= 4 is 9.84 Å². The lowest BCUT2D eigenvalue weighted by atomic mass is 9.83. The van der Waals surface area contributed by atoms with E-state index in [-0.39, 0.29) is 5.92 Å². The Hall–Kier alpha value is -1.11. The summed E-state index contributed by atoms with van der Waals surface area (Å²) in [5.41, 5.74) is 1.18. The Morgan fingerprint density at radius 2 is 1.91 bits per heavy atom. The molecular formula is C16H23NO4S. The second-order valence-electron chi connectivity index (χ2n) is 6.32. The quantitative estimate of drug-likeness (QED) is 0.817. The van der Waals surface area contributed by atoms with E-state index in [1.807, 2.05) is 24.3 Å². The Bertz CT molecular complexity index is 620. The van der Waals surface area contributed by atoms with Gasteiger partial charge in [-0.2, -0.15) is 0 Å². The maximum Gasteiger partial charge on any atom is 0.158 e. The van der Waals surface area contributed by atoms with Crippen LogP contribution >= 0.6 is 0 Å². The minimum Gasteiger partial charge on any atom is -0.497 e. The highest BCUT2D eigenvalue weighted by atomic mass is 32.2. The van der Waals surface area contributed by atoms with Crippen molar-refractivity contribution in [3.05, 3.63) is 29.8 Å². The third-order valence-corrected chi connectivity index (χ3v) is 7.62. The Morgan fingerprint density at radius 1 is 1.23 bits per heavy atom. The molecular weight excluding hydrogens is 302 g/mol. The van der Waals surface area contributed by atoms with Crippen LogP contribution in [0.4, 0.5) is 0 Å². The average molecular weight is 325 g/mol. The monoisotopic (exact) mass is 325 g/mol. The number of methoxy groups -OCH3 is 2. The number of sulfone groups is 1. The molecule has 0 N–H and O–H groups in total. The Balaban J connectivity index is 1.66. The summed E-state index contributed by atoms with van der Waals surface area (Å²) in [6, 6.07) is 7.93. The third-order valence-electron chi connectivity index (χ3n) is 5.01. The molecule has 2 saturated heterocycles. The van der Waals surface area contributed by atoms with Gasteiger partial charge in [0.15, 0.2) is 9.84 Å². The van der Waals surface area contributed by atoms with Crippen LogP contribution in [0.15, 0.2) is 24.3 Å². The molecule has 0 amide bonds. The van der Waals surface area contributed by atoms with E-state index in [9.17, 15) is 8.42 Å². The van der Waals surface area contributed by atoms with Crippen molar-refractivity contribution < 1.29 is 17.9 Å². The zero-order chi connectivity index (χ0) is 15.8. The van der Waals surface area contributed by atoms with Gasteiger partial charge in [0.2, 0.25) is 0 Å². The fourth-order valence-corrected chi connectivity index (χ4v) is 6.17. The lowest BCUT2D eigenvalue weighted by Crippen LogP contribution is -2.67. The van der Waals surface area contributed by atoms with E-state index in [4.69, 9.17) is 9.47 Å². The van der Waals surface area contributed by atoms with Gasteiger partial charge in [0.1, 0.15) is 10.5 Å². The van der Waals surface area contributed by atoms with Crippen LogP contribution in [0.25, 0.3) is 0 Å². The number of ether oxygens (including phenoxy) is 2. The molecule has 1 aromatic carbocycles. The molecule has 1 aromatic rings. The van der Waals surface area contributed by atoms with Gasteiger partial charge < -0.3 is 9.47 Å². The van der Waals surface area contributed by atoms with Gasteiger partial charge in [-0.05, 0) is 24.1 Å². The Kier molecular flexibility index (Phi) is 4.18. The Morgan fingerprint density at radius 3 is 2.50 bits per heavy atom. The van der Waals surface area contributed by atoms with Crippen LogP contribution in [-0.2, 0) is 21.1 Å². The second kappa shape index (κ2) is 5.83. The molecule has 2 fully saturated rings. The lowest BCUT2D eigenvalue weighted by Gasteiger charge is -2.50. The van der Waals surface area contributed by atoms with Crippen LogP contribution in [0.5, 0.6) is 5.75 Å². The summed E-state index contributed by atoms with van der Waals surface area (Å²) >= 11 is 0.